The van der Waals surface area contributed by atoms with Gasteiger partial charge in [0.15, 0.2) is 33.3 Å². The van der Waals surface area contributed by atoms with E-state index < -0.39 is 62.5 Å². The van der Waals surface area contributed by atoms with Crippen LogP contribution in [-0.2, 0) is 54.5 Å². The van der Waals surface area contributed by atoms with Crippen molar-refractivity contribution in [1.29, 1.82) is 0 Å². The second-order valence-corrected chi connectivity index (χ2v) is 49.8. The molecule has 1 rings (SSSR count). The molecular formula is C53H111NO13Si6. The highest BCUT2D eigenvalue weighted by Crippen LogP contribution is 2.50. The van der Waals surface area contributed by atoms with E-state index in [0.717, 1.165) is 37.8 Å². The van der Waals surface area contributed by atoms with Gasteiger partial charge in [0.25, 0.3) is 0 Å². The molecule has 0 bridgehead atoms. The number of hydrogen-bond donors (Lipinski definition) is 1. The number of esters is 3. The fourth-order valence-corrected chi connectivity index (χ4v) is 38.5. The molecule has 2 atom stereocenters. The van der Waals surface area contributed by atoms with E-state index in [-0.39, 0.29) is 37.2 Å². The number of hydrogen-bond acceptors (Lipinski definition) is 13. The van der Waals surface area contributed by atoms with Crippen LogP contribution in [0.25, 0.3) is 0 Å². The quantitative estimate of drug-likeness (QED) is 0.0217. The first-order valence-electron chi connectivity index (χ1n) is 27.3. The summed E-state index contributed by atoms with van der Waals surface area (Å²) < 4.78 is 51.8. The van der Waals surface area contributed by atoms with Crippen LogP contribution in [0.3, 0.4) is 0 Å². The van der Waals surface area contributed by atoms with Crippen LogP contribution in [0, 0.1) is 16.7 Å². The van der Waals surface area contributed by atoms with E-state index in [1.165, 1.54) is 57.7 Å². The molecule has 0 radical (unpaired) electrons. The van der Waals surface area contributed by atoms with Gasteiger partial charge in [0.05, 0.1) is 13.2 Å². The topological polar surface area (TPSA) is 163 Å². The Balaban J connectivity index is 0. The standard InChI is InChI=1S/C19H32O4.C17H41NO5Si3.C17H38O4Si3/c1-14(2)17(21)23-10-9-22-16(20)7-8-19(6)12-15(3)11-18(4,5)13-19;1-9-10-15-24(3,4)22-26(7,8)23-25(5,6)16-11-12-20-13-14-21-17(19)18-2;1-10-11-14-22(4,5)20-24(8,9)21-23(6,7)15-12-13-19-17(18)16(2)3/h15H,1,7-13H2,2-6H3;9-16H2,1-8H3,(H,18,19);2,10-15H2,1,3-9H3. The molecule has 430 valence electrons. The van der Waals surface area contributed by atoms with E-state index in [2.05, 4.69) is 139 Å². The van der Waals surface area contributed by atoms with Crippen molar-refractivity contribution in [2.75, 3.05) is 46.7 Å². The summed E-state index contributed by atoms with van der Waals surface area (Å²) in [6.07, 6.45) is 11.1. The Hall–Kier alpha value is -1.74. The molecule has 1 N–H and O–H groups in total. The smallest absolute Gasteiger partial charge is 0.406 e. The Morgan fingerprint density at radius 2 is 0.932 bits per heavy atom. The SMILES string of the molecule is C=C(C)C(=O)OCCC[Si](C)(C)O[Si](C)(C)O[Si](C)(C)CCCC.C=C(C)C(=O)OCCOC(=O)CCC1(C)CC(C)CC(C)(C)C1.CCCC[Si](C)(C)O[Si](C)(C)O[Si](C)(C)CCCOCCOC(=O)NC. The van der Waals surface area contributed by atoms with Crippen LogP contribution in [0.2, 0.25) is 103 Å². The first-order valence-corrected chi connectivity index (χ1v) is 45.4. The molecular weight excluding hydrogens is 1030 g/mol. The molecule has 0 aromatic carbocycles. The lowest BCUT2D eigenvalue weighted by Gasteiger charge is -2.46. The van der Waals surface area contributed by atoms with Crippen molar-refractivity contribution in [2.45, 2.75) is 229 Å². The Bertz CT molecular complexity index is 1660. The molecule has 0 spiro atoms. The number of nitrogens with one attached hydrogen (secondary N) is 1. The number of rotatable bonds is 33. The molecule has 1 amide bonds. The number of carbonyl (C=O) groups excluding carboxylic acids is 4. The number of amides is 1. The molecule has 2 unspecified atom stereocenters. The predicted octanol–water partition coefficient (Wildman–Crippen LogP) is 14.4. The summed E-state index contributed by atoms with van der Waals surface area (Å²) in [6, 6.07) is 4.41. The zero-order chi connectivity index (χ0) is 57.0. The molecule has 1 fully saturated rings. The average molecular weight is 1140 g/mol. The summed E-state index contributed by atoms with van der Waals surface area (Å²) in [6.45, 7) is 52.9. The third kappa shape index (κ3) is 40.2. The average Bonchev–Trinajstić information content (AvgIpc) is 3.21. The molecule has 14 nitrogen and oxygen atoms in total. The molecule has 0 aromatic heterocycles. The lowest BCUT2D eigenvalue weighted by atomic mass is 9.60. The maximum atomic E-state index is 11.9. The van der Waals surface area contributed by atoms with Crippen molar-refractivity contribution in [3.05, 3.63) is 24.3 Å². The molecule has 0 aliphatic heterocycles. The fraction of sp³-hybridized carbons (Fsp3) is 0.849. The second-order valence-electron chi connectivity index (χ2n) is 24.9. The predicted molar refractivity (Wildman–Crippen MR) is 315 cm³/mol. The van der Waals surface area contributed by atoms with Crippen molar-refractivity contribution in [1.82, 2.24) is 5.32 Å². The Labute approximate surface area is 453 Å². The minimum absolute atomic E-state index is 0.0821. The van der Waals surface area contributed by atoms with Crippen molar-refractivity contribution >= 4 is 74.4 Å². The van der Waals surface area contributed by atoms with Crippen molar-refractivity contribution in [2.24, 2.45) is 16.7 Å². The van der Waals surface area contributed by atoms with E-state index >= 15 is 0 Å². The van der Waals surface area contributed by atoms with E-state index in [1.807, 2.05) is 0 Å². The molecule has 20 heteroatoms. The van der Waals surface area contributed by atoms with E-state index in [1.54, 1.807) is 13.8 Å². The summed E-state index contributed by atoms with van der Waals surface area (Å²) in [5, 5.41) is 2.40. The van der Waals surface area contributed by atoms with Gasteiger partial charge in [0.1, 0.15) is 19.8 Å². The zero-order valence-electron chi connectivity index (χ0n) is 50.6. The van der Waals surface area contributed by atoms with E-state index in [9.17, 15) is 19.2 Å². The van der Waals surface area contributed by atoms with Crippen molar-refractivity contribution in [3.63, 3.8) is 0 Å². The molecule has 1 aliphatic rings. The normalized spacial score (nSPS) is 17.2. The number of carbonyl (C=O) groups is 4. The number of alkyl carbamates (subject to hydrolysis) is 1. The first-order chi connectivity index (χ1) is 33.3. The van der Waals surface area contributed by atoms with Gasteiger partial charge in [-0.15, -0.1) is 0 Å². The van der Waals surface area contributed by atoms with Crippen LogP contribution < -0.4 is 5.32 Å². The lowest BCUT2D eigenvalue weighted by Crippen LogP contribution is -2.52. The molecule has 73 heavy (non-hydrogen) atoms. The van der Waals surface area contributed by atoms with Gasteiger partial charge in [0, 0.05) is 31.2 Å². The third-order valence-electron chi connectivity index (χ3n) is 12.1. The zero-order valence-corrected chi connectivity index (χ0v) is 56.6. The van der Waals surface area contributed by atoms with Gasteiger partial charge in [-0.2, -0.15) is 0 Å². The van der Waals surface area contributed by atoms with Crippen molar-refractivity contribution < 1.29 is 59.3 Å². The third-order valence-corrected chi connectivity index (χ3v) is 35.0. The number of ether oxygens (including phenoxy) is 5. The summed E-state index contributed by atoms with van der Waals surface area (Å²) >= 11 is 0. The van der Waals surface area contributed by atoms with Gasteiger partial charge < -0.3 is 45.5 Å². The summed E-state index contributed by atoms with van der Waals surface area (Å²) in [5.74, 6) is -0.279. The Kier molecular flexibility index (Phi) is 35.1. The van der Waals surface area contributed by atoms with Gasteiger partial charge in [0.2, 0.25) is 0 Å². The lowest BCUT2D eigenvalue weighted by molar-refractivity contribution is -0.150. The Morgan fingerprint density at radius 3 is 1.33 bits per heavy atom. The summed E-state index contributed by atoms with van der Waals surface area (Å²) in [4.78, 5) is 45.4. The van der Waals surface area contributed by atoms with Crippen LogP contribution in [0.15, 0.2) is 24.3 Å². The van der Waals surface area contributed by atoms with Crippen molar-refractivity contribution in [3.8, 4) is 0 Å². The second kappa shape index (κ2) is 34.9. The van der Waals surface area contributed by atoms with Crippen LogP contribution >= 0.6 is 0 Å². The Morgan fingerprint density at radius 1 is 0.548 bits per heavy atom. The van der Waals surface area contributed by atoms with Gasteiger partial charge in [-0.25, -0.2) is 14.4 Å². The van der Waals surface area contributed by atoms with Crippen LogP contribution in [0.4, 0.5) is 4.79 Å². The van der Waals surface area contributed by atoms with E-state index in [0.29, 0.717) is 48.7 Å². The molecule has 1 aliphatic carbocycles. The van der Waals surface area contributed by atoms with Gasteiger partial charge in [-0.1, -0.05) is 80.4 Å². The highest BCUT2D eigenvalue weighted by atomic mass is 28.5. The molecule has 0 aromatic rings. The highest BCUT2D eigenvalue weighted by Gasteiger charge is 2.42. The highest BCUT2D eigenvalue weighted by molar-refractivity contribution is 6.88. The van der Waals surface area contributed by atoms with Crippen LogP contribution in [0.1, 0.15) is 126 Å². The minimum atomic E-state index is -2.12. The summed E-state index contributed by atoms with van der Waals surface area (Å²) in [5.41, 5.74) is 1.34. The summed E-state index contributed by atoms with van der Waals surface area (Å²) in [7, 11) is -9.57. The van der Waals surface area contributed by atoms with Gasteiger partial charge in [-0.3, -0.25) is 4.79 Å². The first kappa shape index (κ1) is 73.3. The molecule has 1 saturated carbocycles. The minimum Gasteiger partial charge on any atom is -0.462 e. The maximum Gasteiger partial charge on any atom is 0.406 e. The van der Waals surface area contributed by atoms with Gasteiger partial charge >= 0.3 is 41.1 Å². The van der Waals surface area contributed by atoms with Gasteiger partial charge in [-0.05, 0) is 172 Å². The maximum absolute atomic E-state index is 11.9. The monoisotopic (exact) mass is 1140 g/mol. The largest absolute Gasteiger partial charge is 0.462 e. The fourth-order valence-electron chi connectivity index (χ4n) is 10.1. The van der Waals surface area contributed by atoms with Crippen LogP contribution in [0.5, 0.6) is 0 Å². The number of unbranched alkanes of at least 4 members (excludes halogenated alkanes) is 2. The van der Waals surface area contributed by atoms with E-state index in [4.69, 9.17) is 40.1 Å². The molecule has 0 saturated heterocycles. The van der Waals surface area contributed by atoms with Crippen LogP contribution in [-0.4, -0.2) is 121 Å². The molecule has 0 heterocycles.